The fourth-order valence-corrected chi connectivity index (χ4v) is 3.26. The summed E-state index contributed by atoms with van der Waals surface area (Å²) in [4.78, 5) is 11.8. The second-order valence-electron chi connectivity index (χ2n) is 5.48. The van der Waals surface area contributed by atoms with Gasteiger partial charge in [-0.2, -0.15) is 0 Å². The molecule has 0 aliphatic heterocycles. The smallest absolute Gasteiger partial charge is 0.311 e. The van der Waals surface area contributed by atoms with Gasteiger partial charge in [0.15, 0.2) is 0 Å². The van der Waals surface area contributed by atoms with Crippen LogP contribution < -0.4 is 11.5 Å². The van der Waals surface area contributed by atoms with Crippen LogP contribution in [0.25, 0.3) is 0 Å². The number of carbonyl (C=O) groups is 1. The molecule has 5 N–H and O–H groups in total. The van der Waals surface area contributed by atoms with Crippen LogP contribution in [-0.4, -0.2) is 35.9 Å². The summed E-state index contributed by atoms with van der Waals surface area (Å²) in [6.45, 7) is 6.25. The molecule has 5 nitrogen and oxygen atoms in total. The Hall–Kier alpha value is -0.650. The molecule has 1 saturated carbocycles. The van der Waals surface area contributed by atoms with Crippen molar-refractivity contribution in [1.29, 1.82) is 0 Å². The van der Waals surface area contributed by atoms with E-state index in [0.717, 1.165) is 12.8 Å². The predicted molar refractivity (Wildman–Crippen MR) is 74.3 cm³/mol. The van der Waals surface area contributed by atoms with E-state index in [2.05, 4.69) is 13.8 Å². The van der Waals surface area contributed by atoms with Gasteiger partial charge in [0.1, 0.15) is 0 Å². The van der Waals surface area contributed by atoms with E-state index in [4.69, 9.17) is 16.2 Å². The van der Waals surface area contributed by atoms with Gasteiger partial charge in [0.25, 0.3) is 0 Å². The molecular formula is C14H28N2O3. The third kappa shape index (κ3) is 3.46. The highest BCUT2D eigenvalue weighted by Crippen LogP contribution is 2.36. The highest BCUT2D eigenvalue weighted by Gasteiger charge is 2.48. The zero-order chi connectivity index (χ0) is 14.6. The topological polar surface area (TPSA) is 98.6 Å². The molecule has 0 spiro atoms. The lowest BCUT2D eigenvalue weighted by atomic mass is 9.81. The second kappa shape index (κ2) is 7.22. The molecule has 0 aromatic rings. The summed E-state index contributed by atoms with van der Waals surface area (Å²) < 4.78 is 4.99. The number of carbonyl (C=O) groups excluding carboxylic acids is 1. The molecule has 0 aromatic heterocycles. The first-order chi connectivity index (χ1) is 8.97. The minimum absolute atomic E-state index is 0.167. The average Bonchev–Trinajstić information content (AvgIpc) is 2.66. The highest BCUT2D eigenvalue weighted by atomic mass is 16.5. The third-order valence-electron chi connectivity index (χ3n) is 4.45. The summed E-state index contributed by atoms with van der Waals surface area (Å²) >= 11 is 0. The monoisotopic (exact) mass is 272 g/mol. The number of aliphatic hydroxyl groups is 1. The molecule has 112 valence electrons. The molecule has 0 radical (unpaired) electrons. The Bertz CT molecular complexity index is 294. The van der Waals surface area contributed by atoms with Crippen molar-refractivity contribution in [3.05, 3.63) is 0 Å². The van der Waals surface area contributed by atoms with E-state index < -0.39 is 12.0 Å². The van der Waals surface area contributed by atoms with E-state index in [1.165, 1.54) is 0 Å². The molecule has 0 aromatic carbocycles. The molecule has 1 fully saturated rings. The first-order valence-electron chi connectivity index (χ1n) is 7.33. The number of aliphatic hydroxyl groups excluding tert-OH is 1. The molecule has 5 atom stereocenters. The van der Waals surface area contributed by atoms with Crippen molar-refractivity contribution in [2.75, 3.05) is 6.61 Å². The Balaban J connectivity index is 2.77. The SMILES string of the molecule is CCOC(=O)C1CC(N)C(C(N)C(CC)CC)C1O. The lowest BCUT2D eigenvalue weighted by Crippen LogP contribution is -2.48. The van der Waals surface area contributed by atoms with Crippen LogP contribution in [0.15, 0.2) is 0 Å². The van der Waals surface area contributed by atoms with Crippen LogP contribution in [0.4, 0.5) is 0 Å². The van der Waals surface area contributed by atoms with Crippen LogP contribution in [0.3, 0.4) is 0 Å². The fraction of sp³-hybridized carbons (Fsp3) is 0.929. The van der Waals surface area contributed by atoms with Crippen molar-refractivity contribution in [3.8, 4) is 0 Å². The summed E-state index contributed by atoms with van der Waals surface area (Å²) in [5.74, 6) is -0.781. The summed E-state index contributed by atoms with van der Waals surface area (Å²) in [5, 5.41) is 10.4. The summed E-state index contributed by atoms with van der Waals surface area (Å²) in [7, 11) is 0. The molecule has 5 unspecified atom stereocenters. The van der Waals surface area contributed by atoms with Crippen LogP contribution >= 0.6 is 0 Å². The van der Waals surface area contributed by atoms with E-state index >= 15 is 0 Å². The number of rotatable bonds is 6. The standard InChI is InChI=1S/C14H28N2O3/c1-4-8(5-2)12(16)11-10(15)7-9(13(11)17)14(18)19-6-3/h8-13,17H,4-7,15-16H2,1-3H3. The molecule has 1 rings (SSSR count). The van der Waals surface area contributed by atoms with Gasteiger partial charge in [-0.25, -0.2) is 0 Å². The fourth-order valence-electron chi connectivity index (χ4n) is 3.26. The van der Waals surface area contributed by atoms with Gasteiger partial charge in [0.2, 0.25) is 0 Å². The lowest BCUT2D eigenvalue weighted by Gasteiger charge is -2.32. The molecule has 0 bridgehead atoms. The van der Waals surface area contributed by atoms with E-state index in [0.29, 0.717) is 18.9 Å². The molecular weight excluding hydrogens is 244 g/mol. The van der Waals surface area contributed by atoms with Crippen molar-refractivity contribution in [2.24, 2.45) is 29.2 Å². The van der Waals surface area contributed by atoms with Gasteiger partial charge >= 0.3 is 5.97 Å². The van der Waals surface area contributed by atoms with Crippen molar-refractivity contribution < 1.29 is 14.6 Å². The van der Waals surface area contributed by atoms with Gasteiger partial charge in [0, 0.05) is 18.0 Å². The minimum atomic E-state index is -0.787. The van der Waals surface area contributed by atoms with Crippen molar-refractivity contribution in [2.45, 2.75) is 58.2 Å². The van der Waals surface area contributed by atoms with E-state index in [1.807, 2.05) is 0 Å². The van der Waals surface area contributed by atoms with Crippen LogP contribution in [0.1, 0.15) is 40.0 Å². The summed E-state index contributed by atoms with van der Waals surface area (Å²) in [5.41, 5.74) is 12.4. The number of esters is 1. The van der Waals surface area contributed by atoms with Crippen LogP contribution in [0.5, 0.6) is 0 Å². The maximum Gasteiger partial charge on any atom is 0.311 e. The van der Waals surface area contributed by atoms with Gasteiger partial charge < -0.3 is 21.3 Å². The Morgan fingerprint density at radius 2 is 1.95 bits per heavy atom. The largest absolute Gasteiger partial charge is 0.466 e. The minimum Gasteiger partial charge on any atom is -0.466 e. The molecule has 1 aliphatic rings. The highest BCUT2D eigenvalue weighted by molar-refractivity contribution is 5.73. The van der Waals surface area contributed by atoms with Crippen molar-refractivity contribution >= 4 is 5.97 Å². The summed E-state index contributed by atoms with van der Waals surface area (Å²) in [6.07, 6.45) is 1.58. The van der Waals surface area contributed by atoms with Crippen LogP contribution in [-0.2, 0) is 9.53 Å². The van der Waals surface area contributed by atoms with Gasteiger partial charge in [-0.3, -0.25) is 4.79 Å². The molecule has 0 amide bonds. The van der Waals surface area contributed by atoms with E-state index in [9.17, 15) is 9.90 Å². The zero-order valence-corrected chi connectivity index (χ0v) is 12.2. The van der Waals surface area contributed by atoms with E-state index in [-0.39, 0.29) is 24.0 Å². The molecule has 0 heterocycles. The van der Waals surface area contributed by atoms with Crippen LogP contribution in [0, 0.1) is 17.8 Å². The average molecular weight is 272 g/mol. The lowest BCUT2D eigenvalue weighted by molar-refractivity contribution is -0.151. The van der Waals surface area contributed by atoms with Crippen molar-refractivity contribution in [1.82, 2.24) is 0 Å². The van der Waals surface area contributed by atoms with Gasteiger partial charge in [-0.15, -0.1) is 0 Å². The maximum absolute atomic E-state index is 11.8. The Morgan fingerprint density at radius 1 is 1.37 bits per heavy atom. The van der Waals surface area contributed by atoms with Crippen molar-refractivity contribution in [3.63, 3.8) is 0 Å². The maximum atomic E-state index is 11.8. The van der Waals surface area contributed by atoms with Gasteiger partial charge in [-0.1, -0.05) is 26.7 Å². The molecule has 19 heavy (non-hydrogen) atoms. The third-order valence-corrected chi connectivity index (χ3v) is 4.45. The van der Waals surface area contributed by atoms with Crippen LogP contribution in [0.2, 0.25) is 0 Å². The number of nitrogens with two attached hydrogens (primary N) is 2. The molecule has 1 aliphatic carbocycles. The van der Waals surface area contributed by atoms with Gasteiger partial charge in [0.05, 0.1) is 18.6 Å². The van der Waals surface area contributed by atoms with E-state index in [1.54, 1.807) is 6.92 Å². The number of hydrogen-bond acceptors (Lipinski definition) is 5. The first-order valence-corrected chi connectivity index (χ1v) is 7.33. The Labute approximate surface area is 115 Å². The Morgan fingerprint density at radius 3 is 2.42 bits per heavy atom. The van der Waals surface area contributed by atoms with Gasteiger partial charge in [-0.05, 0) is 19.3 Å². The first kappa shape index (κ1) is 16.4. The number of ether oxygens (including phenoxy) is 1. The number of hydrogen-bond donors (Lipinski definition) is 3. The zero-order valence-electron chi connectivity index (χ0n) is 12.2. The molecule has 5 heteroatoms. The summed E-state index contributed by atoms with van der Waals surface area (Å²) in [6, 6.07) is -0.403. The second-order valence-corrected chi connectivity index (χ2v) is 5.48. The predicted octanol–water partition coefficient (Wildman–Crippen LogP) is 0.637. The quantitative estimate of drug-likeness (QED) is 0.616. The normalized spacial score (nSPS) is 32.6. The Kier molecular flexibility index (Phi) is 6.23. The molecule has 0 saturated heterocycles.